The van der Waals surface area contributed by atoms with Crippen LogP contribution in [0.4, 0.5) is 5.82 Å². The number of piperidine rings is 1. The van der Waals surface area contributed by atoms with Gasteiger partial charge in [-0.1, -0.05) is 0 Å². The normalized spacial score (nSPS) is 18.3. The molecule has 1 fully saturated rings. The van der Waals surface area contributed by atoms with Crippen molar-refractivity contribution in [1.29, 1.82) is 0 Å². The zero-order valence-corrected chi connectivity index (χ0v) is 18.5. The predicted octanol–water partition coefficient (Wildman–Crippen LogP) is 4.02. The Morgan fingerprint density at radius 1 is 1.14 bits per heavy atom. The van der Waals surface area contributed by atoms with Crippen molar-refractivity contribution < 1.29 is 9.53 Å². The fourth-order valence-corrected chi connectivity index (χ4v) is 4.58. The fraction of sp³-hybridized carbons (Fsp3) is 0.522. The van der Waals surface area contributed by atoms with E-state index in [1.165, 1.54) is 0 Å². The lowest BCUT2D eigenvalue weighted by molar-refractivity contribution is 0.112. The lowest BCUT2D eigenvalue weighted by Crippen LogP contribution is -2.62. The first-order chi connectivity index (χ1) is 13.5. The maximum atomic E-state index is 11.3. The molecule has 1 aliphatic rings. The Morgan fingerprint density at radius 3 is 2.31 bits per heavy atom. The van der Waals surface area contributed by atoms with E-state index in [9.17, 15) is 4.79 Å². The SMILES string of the molecule is COc1cc(C)c(C=O)cc1-c1ccc(N(C)C2CC(C)(C)NC(C)(C)C2)nn1. The van der Waals surface area contributed by atoms with Crippen LogP contribution in [-0.2, 0) is 0 Å². The summed E-state index contributed by atoms with van der Waals surface area (Å²) in [7, 11) is 3.71. The summed E-state index contributed by atoms with van der Waals surface area (Å²) in [4.78, 5) is 13.6. The first-order valence-corrected chi connectivity index (χ1v) is 10.1. The summed E-state index contributed by atoms with van der Waals surface area (Å²) >= 11 is 0. The van der Waals surface area contributed by atoms with Gasteiger partial charge in [0.15, 0.2) is 5.82 Å². The molecule has 0 atom stereocenters. The second-order valence-corrected chi connectivity index (χ2v) is 9.37. The Hall–Kier alpha value is -2.47. The van der Waals surface area contributed by atoms with E-state index in [1.807, 2.05) is 31.2 Å². The van der Waals surface area contributed by atoms with E-state index in [2.05, 4.69) is 55.2 Å². The molecule has 6 heteroatoms. The van der Waals surface area contributed by atoms with Crippen LogP contribution >= 0.6 is 0 Å². The van der Waals surface area contributed by atoms with Crippen LogP contribution in [-0.4, -0.2) is 47.8 Å². The second kappa shape index (κ2) is 7.75. The molecular formula is C23H32N4O2. The van der Waals surface area contributed by atoms with Gasteiger partial charge in [0.1, 0.15) is 12.0 Å². The van der Waals surface area contributed by atoms with E-state index >= 15 is 0 Å². The smallest absolute Gasteiger partial charge is 0.151 e. The Bertz CT molecular complexity index is 874. The quantitative estimate of drug-likeness (QED) is 0.770. The van der Waals surface area contributed by atoms with Gasteiger partial charge in [-0.25, -0.2) is 0 Å². The van der Waals surface area contributed by atoms with Crippen molar-refractivity contribution in [2.24, 2.45) is 0 Å². The van der Waals surface area contributed by atoms with E-state index in [1.54, 1.807) is 7.11 Å². The molecule has 6 nitrogen and oxygen atoms in total. The highest BCUT2D eigenvalue weighted by molar-refractivity contribution is 5.82. The average Bonchev–Trinajstić information content (AvgIpc) is 2.65. The number of hydrogen-bond acceptors (Lipinski definition) is 6. The molecule has 156 valence electrons. The van der Waals surface area contributed by atoms with Gasteiger partial charge in [-0.15, -0.1) is 10.2 Å². The minimum absolute atomic E-state index is 0.0640. The highest BCUT2D eigenvalue weighted by Gasteiger charge is 2.39. The maximum Gasteiger partial charge on any atom is 0.151 e. The van der Waals surface area contributed by atoms with Crippen LogP contribution in [0.2, 0.25) is 0 Å². The number of aromatic nitrogens is 2. The minimum atomic E-state index is 0.0640. The third-order valence-corrected chi connectivity index (χ3v) is 5.72. The van der Waals surface area contributed by atoms with Crippen LogP contribution in [0.1, 0.15) is 56.5 Å². The number of methoxy groups -OCH3 is 1. The highest BCUT2D eigenvalue weighted by atomic mass is 16.5. The van der Waals surface area contributed by atoms with Gasteiger partial charge in [0.2, 0.25) is 0 Å². The van der Waals surface area contributed by atoms with Gasteiger partial charge in [-0.05, 0) is 77.3 Å². The summed E-state index contributed by atoms with van der Waals surface area (Å²) < 4.78 is 5.50. The number of hydrogen-bond donors (Lipinski definition) is 1. The number of anilines is 1. The molecule has 2 aromatic rings. The summed E-state index contributed by atoms with van der Waals surface area (Å²) in [5, 5.41) is 12.7. The van der Waals surface area contributed by atoms with Gasteiger partial charge < -0.3 is 15.0 Å². The molecule has 0 saturated carbocycles. The third-order valence-electron chi connectivity index (χ3n) is 5.72. The number of nitrogens with zero attached hydrogens (tertiary/aromatic N) is 3. The molecule has 0 amide bonds. The Labute approximate surface area is 173 Å². The number of rotatable bonds is 5. The molecule has 0 aliphatic carbocycles. The Morgan fingerprint density at radius 2 is 1.79 bits per heavy atom. The number of benzene rings is 1. The molecule has 1 saturated heterocycles. The van der Waals surface area contributed by atoms with Gasteiger partial charge in [-0.3, -0.25) is 4.79 Å². The zero-order valence-electron chi connectivity index (χ0n) is 18.5. The summed E-state index contributed by atoms with van der Waals surface area (Å²) in [5.41, 5.74) is 3.09. The first-order valence-electron chi connectivity index (χ1n) is 10.1. The van der Waals surface area contributed by atoms with Crippen molar-refractivity contribution in [2.75, 3.05) is 19.1 Å². The number of nitrogens with one attached hydrogen (secondary N) is 1. The van der Waals surface area contributed by atoms with Crippen LogP contribution in [0, 0.1) is 6.92 Å². The van der Waals surface area contributed by atoms with Crippen molar-refractivity contribution in [2.45, 2.75) is 64.6 Å². The zero-order chi connectivity index (χ0) is 21.4. The predicted molar refractivity (Wildman–Crippen MR) is 117 cm³/mol. The van der Waals surface area contributed by atoms with Gasteiger partial charge in [0, 0.05) is 35.3 Å². The van der Waals surface area contributed by atoms with E-state index < -0.39 is 0 Å². The van der Waals surface area contributed by atoms with Gasteiger partial charge >= 0.3 is 0 Å². The van der Waals surface area contributed by atoms with Gasteiger partial charge in [0.05, 0.1) is 12.8 Å². The monoisotopic (exact) mass is 396 g/mol. The van der Waals surface area contributed by atoms with Crippen LogP contribution in [0.25, 0.3) is 11.3 Å². The van der Waals surface area contributed by atoms with E-state index in [0.29, 0.717) is 23.0 Å². The number of carbonyl (C=O) groups excluding carboxylic acids is 1. The van der Waals surface area contributed by atoms with Gasteiger partial charge in [-0.2, -0.15) is 0 Å². The lowest BCUT2D eigenvalue weighted by Gasteiger charge is -2.49. The molecule has 1 aliphatic heterocycles. The van der Waals surface area contributed by atoms with Crippen molar-refractivity contribution >= 4 is 12.1 Å². The molecule has 1 aromatic heterocycles. The second-order valence-electron chi connectivity index (χ2n) is 9.37. The molecule has 29 heavy (non-hydrogen) atoms. The molecular weight excluding hydrogens is 364 g/mol. The summed E-state index contributed by atoms with van der Waals surface area (Å²) in [6.45, 7) is 10.9. The highest BCUT2D eigenvalue weighted by Crippen LogP contribution is 2.34. The number of ether oxygens (including phenoxy) is 1. The van der Waals surface area contributed by atoms with Crippen LogP contribution in [0.5, 0.6) is 5.75 Å². The van der Waals surface area contributed by atoms with Crippen molar-refractivity contribution in [1.82, 2.24) is 15.5 Å². The number of carbonyl (C=O) groups is 1. The van der Waals surface area contributed by atoms with Crippen LogP contribution < -0.4 is 15.0 Å². The summed E-state index contributed by atoms with van der Waals surface area (Å²) in [5.74, 6) is 1.53. The van der Waals surface area contributed by atoms with Crippen LogP contribution in [0.3, 0.4) is 0 Å². The first kappa shape index (κ1) is 21.2. The fourth-order valence-electron chi connectivity index (χ4n) is 4.58. The molecule has 0 unspecified atom stereocenters. The largest absolute Gasteiger partial charge is 0.496 e. The molecule has 0 radical (unpaired) electrons. The summed E-state index contributed by atoms with van der Waals surface area (Å²) in [6, 6.07) is 7.98. The molecule has 1 N–H and O–H groups in total. The molecule has 0 spiro atoms. The van der Waals surface area contributed by atoms with Crippen molar-refractivity contribution in [3.05, 3.63) is 35.4 Å². The molecule has 3 rings (SSSR count). The molecule has 2 heterocycles. The van der Waals surface area contributed by atoms with E-state index in [0.717, 1.165) is 36.1 Å². The molecule has 0 bridgehead atoms. The van der Waals surface area contributed by atoms with E-state index in [-0.39, 0.29) is 11.1 Å². The maximum absolute atomic E-state index is 11.3. The standard InChI is InChI=1S/C23H32N4O2/c1-15-10-20(29-7)18(11-16(15)14-28)19-8-9-21(25-24-19)27(6)17-12-22(2,3)26-23(4,5)13-17/h8-11,14,17,26H,12-13H2,1-7H3. The molecule has 1 aromatic carbocycles. The average molecular weight is 397 g/mol. The Balaban J connectivity index is 1.88. The topological polar surface area (TPSA) is 67.3 Å². The van der Waals surface area contributed by atoms with Crippen molar-refractivity contribution in [3.8, 4) is 17.0 Å². The third kappa shape index (κ3) is 4.58. The number of aryl methyl sites for hydroxylation is 1. The Kier molecular flexibility index (Phi) is 5.68. The van der Waals surface area contributed by atoms with Gasteiger partial charge in [0.25, 0.3) is 0 Å². The summed E-state index contributed by atoms with van der Waals surface area (Å²) in [6.07, 6.45) is 2.92. The minimum Gasteiger partial charge on any atom is -0.496 e. The lowest BCUT2D eigenvalue weighted by atomic mass is 9.79. The van der Waals surface area contributed by atoms with Crippen LogP contribution in [0.15, 0.2) is 24.3 Å². The number of aldehydes is 1. The van der Waals surface area contributed by atoms with Crippen molar-refractivity contribution in [3.63, 3.8) is 0 Å². The van der Waals surface area contributed by atoms with E-state index in [4.69, 9.17) is 4.74 Å².